The average molecular weight is 527 g/mol. The third-order valence-corrected chi connectivity index (χ3v) is 9.58. The van der Waals surface area contributed by atoms with E-state index in [1.807, 2.05) is 12.1 Å². The second-order valence-electron chi connectivity index (χ2n) is 10.7. The number of benzene rings is 2. The Morgan fingerprint density at radius 3 is 2.47 bits per heavy atom. The van der Waals surface area contributed by atoms with Crippen molar-refractivity contribution in [2.75, 3.05) is 13.1 Å². The van der Waals surface area contributed by atoms with Crippen LogP contribution in [-0.2, 0) is 6.42 Å². The zero-order valence-electron chi connectivity index (χ0n) is 20.5. The molecular weight excluding hydrogens is 493 g/mol. The maximum absolute atomic E-state index is 10.9. The Labute approximate surface area is 223 Å². The summed E-state index contributed by atoms with van der Waals surface area (Å²) in [6.45, 7) is 3.97. The normalized spacial score (nSPS) is 32.0. The number of aromatic hydroxyl groups is 1. The predicted octanol–water partition coefficient (Wildman–Crippen LogP) is 5.79. The van der Waals surface area contributed by atoms with Gasteiger partial charge in [-0.05, 0) is 91.7 Å². The first-order valence-electron chi connectivity index (χ1n) is 12.8. The first kappa shape index (κ1) is 25.3. The second kappa shape index (κ2) is 9.82. The summed E-state index contributed by atoms with van der Waals surface area (Å²) in [6.07, 6.45) is 11.8. The molecule has 1 aliphatic heterocycles. The smallest absolute Gasteiger partial charge is 0.196 e. The molecule has 3 fully saturated rings. The van der Waals surface area contributed by atoms with E-state index < -0.39 is 5.60 Å². The molecule has 2 aromatic rings. The Morgan fingerprint density at radius 1 is 1.06 bits per heavy atom. The molecule has 6 rings (SSSR count). The number of para-hydroxylation sites is 1. The standard InChI is InChI=1S/C20H24O2.C9H9Cl2N3/c1-3-20(22)11-9-18-17-6-4-13-12-14(21)5-7-15(13)16(17)8-10-19(18,20)2;10-6-2-1-3-7(11)8(6)14-9-12-4-5-13-9/h1,5,7,12,16-18,21-22H,4,6,8-11H2,2H3;1-3H,4-5H2,(H2,12,13,14)/t16-,17-,18+,19+,20+;/m1./s1. The minimum Gasteiger partial charge on any atom is -0.508 e. The molecule has 1 heterocycles. The highest BCUT2D eigenvalue weighted by Crippen LogP contribution is 2.64. The number of nitrogens with zero attached hydrogens (tertiary/aromatic N) is 1. The van der Waals surface area contributed by atoms with E-state index >= 15 is 0 Å². The number of terminal acetylenes is 1. The van der Waals surface area contributed by atoms with Gasteiger partial charge in [0.1, 0.15) is 17.0 Å². The van der Waals surface area contributed by atoms with E-state index in [9.17, 15) is 10.2 Å². The summed E-state index contributed by atoms with van der Waals surface area (Å²) in [7, 11) is 0. The van der Waals surface area contributed by atoms with Gasteiger partial charge in [0.05, 0.1) is 10.0 Å². The number of phenolic OH excluding ortho intramolecular Hbond substituents is 1. The number of hydrogen-bond donors (Lipinski definition) is 4. The molecule has 1 saturated heterocycles. The van der Waals surface area contributed by atoms with Gasteiger partial charge in [0.2, 0.25) is 0 Å². The van der Waals surface area contributed by atoms with Crippen LogP contribution in [0, 0.1) is 29.6 Å². The number of phenols is 1. The van der Waals surface area contributed by atoms with E-state index in [0.29, 0.717) is 39.2 Å². The van der Waals surface area contributed by atoms with E-state index in [4.69, 9.17) is 29.6 Å². The van der Waals surface area contributed by atoms with E-state index in [0.717, 1.165) is 57.6 Å². The third kappa shape index (κ3) is 4.34. The van der Waals surface area contributed by atoms with Crippen molar-refractivity contribution >= 4 is 34.8 Å². The van der Waals surface area contributed by atoms with Crippen molar-refractivity contribution in [2.45, 2.75) is 57.0 Å². The van der Waals surface area contributed by atoms with Gasteiger partial charge in [-0.3, -0.25) is 0 Å². The van der Waals surface area contributed by atoms with Crippen LogP contribution in [-0.4, -0.2) is 34.9 Å². The lowest BCUT2D eigenvalue weighted by Crippen LogP contribution is -2.50. The molecule has 0 spiro atoms. The Morgan fingerprint density at radius 2 is 1.78 bits per heavy atom. The molecule has 2 aromatic carbocycles. The molecule has 0 amide bonds. The van der Waals surface area contributed by atoms with Crippen LogP contribution in [0.1, 0.15) is 56.1 Å². The van der Waals surface area contributed by atoms with Crippen LogP contribution in [0.25, 0.3) is 0 Å². The average Bonchev–Trinajstić information content (AvgIpc) is 3.48. The van der Waals surface area contributed by atoms with E-state index in [-0.39, 0.29) is 5.41 Å². The van der Waals surface area contributed by atoms with Gasteiger partial charge in [-0.1, -0.05) is 48.2 Å². The van der Waals surface area contributed by atoms with E-state index in [2.05, 4.69) is 34.5 Å². The SMILES string of the molecule is C#C[C@]1(O)CC[C@H]2[C@@H]3CCc4cc(O)ccc4[C@H]3CC[C@@]21C.Clc1cccc(Cl)c1N=C1NCCN1. The molecule has 0 unspecified atom stereocenters. The highest BCUT2D eigenvalue weighted by atomic mass is 35.5. The van der Waals surface area contributed by atoms with Crippen LogP contribution in [0.15, 0.2) is 41.4 Å². The van der Waals surface area contributed by atoms with Crippen LogP contribution in [0.5, 0.6) is 5.75 Å². The van der Waals surface area contributed by atoms with E-state index in [1.165, 1.54) is 11.1 Å². The molecule has 4 N–H and O–H groups in total. The summed E-state index contributed by atoms with van der Waals surface area (Å²) in [6, 6.07) is 11.2. The van der Waals surface area contributed by atoms with Crippen molar-refractivity contribution in [3.63, 3.8) is 0 Å². The lowest BCUT2D eigenvalue weighted by atomic mass is 9.53. The molecule has 4 aliphatic rings. The topological polar surface area (TPSA) is 76.9 Å². The van der Waals surface area contributed by atoms with Gasteiger partial charge in [-0.2, -0.15) is 0 Å². The minimum atomic E-state index is -0.919. The monoisotopic (exact) mass is 525 g/mol. The van der Waals surface area contributed by atoms with Crippen molar-refractivity contribution in [1.29, 1.82) is 0 Å². The van der Waals surface area contributed by atoms with Crippen LogP contribution in [0.4, 0.5) is 5.69 Å². The number of aliphatic imine (C=N–C) groups is 1. The quantitative estimate of drug-likeness (QED) is 0.355. The van der Waals surface area contributed by atoms with Gasteiger partial charge in [-0.25, -0.2) is 4.99 Å². The summed E-state index contributed by atoms with van der Waals surface area (Å²) in [5, 5.41) is 27.9. The van der Waals surface area contributed by atoms with Gasteiger partial charge in [-0.15, -0.1) is 6.42 Å². The number of aryl methyl sites for hydroxylation is 1. The van der Waals surface area contributed by atoms with Gasteiger partial charge in [0.25, 0.3) is 0 Å². The van der Waals surface area contributed by atoms with Crippen LogP contribution < -0.4 is 10.6 Å². The molecule has 2 saturated carbocycles. The Hall–Kier alpha value is -2.39. The first-order valence-corrected chi connectivity index (χ1v) is 13.5. The molecule has 0 radical (unpaired) electrons. The fraction of sp³-hybridized carbons (Fsp3) is 0.483. The zero-order valence-corrected chi connectivity index (χ0v) is 22.0. The summed E-state index contributed by atoms with van der Waals surface area (Å²) >= 11 is 11.9. The molecule has 0 bridgehead atoms. The molecule has 36 heavy (non-hydrogen) atoms. The minimum absolute atomic E-state index is 0.128. The summed E-state index contributed by atoms with van der Waals surface area (Å²) in [5.41, 5.74) is 2.30. The Kier molecular flexibility index (Phi) is 6.89. The number of halogens is 2. The predicted molar refractivity (Wildman–Crippen MR) is 146 cm³/mol. The summed E-state index contributed by atoms with van der Waals surface area (Å²) in [4.78, 5) is 4.29. The lowest BCUT2D eigenvalue weighted by Gasteiger charge is -2.52. The number of aliphatic hydroxyl groups is 1. The van der Waals surface area contributed by atoms with Crippen LogP contribution in [0.2, 0.25) is 10.0 Å². The van der Waals surface area contributed by atoms with Gasteiger partial charge >= 0.3 is 0 Å². The number of hydrogen-bond acceptors (Lipinski definition) is 3. The molecule has 7 heteroatoms. The van der Waals surface area contributed by atoms with Crippen LogP contribution in [0.3, 0.4) is 0 Å². The number of guanidine groups is 1. The Bertz CT molecular complexity index is 1200. The third-order valence-electron chi connectivity index (χ3n) is 8.97. The van der Waals surface area contributed by atoms with Crippen molar-refractivity contribution in [1.82, 2.24) is 10.6 Å². The molecule has 5 nitrogen and oxygen atoms in total. The van der Waals surface area contributed by atoms with Crippen LogP contribution >= 0.6 is 23.2 Å². The number of nitrogens with one attached hydrogen (secondary N) is 2. The highest BCUT2D eigenvalue weighted by Gasteiger charge is 2.61. The summed E-state index contributed by atoms with van der Waals surface area (Å²) < 4.78 is 0. The lowest BCUT2D eigenvalue weighted by molar-refractivity contribution is -0.0646. The van der Waals surface area contributed by atoms with E-state index in [1.54, 1.807) is 18.2 Å². The largest absolute Gasteiger partial charge is 0.508 e. The van der Waals surface area contributed by atoms with Crippen molar-refractivity contribution < 1.29 is 10.2 Å². The fourth-order valence-corrected chi connectivity index (χ4v) is 7.51. The van der Waals surface area contributed by atoms with Crippen molar-refractivity contribution in [3.05, 3.63) is 57.6 Å². The number of rotatable bonds is 1. The maximum Gasteiger partial charge on any atom is 0.196 e. The highest BCUT2D eigenvalue weighted by molar-refractivity contribution is 6.38. The molecule has 190 valence electrons. The molecular formula is C29H33Cl2N3O2. The van der Waals surface area contributed by atoms with Crippen molar-refractivity contribution in [3.8, 4) is 18.1 Å². The van der Waals surface area contributed by atoms with Gasteiger partial charge in [0, 0.05) is 18.5 Å². The Balaban J connectivity index is 0.000000165. The fourth-order valence-electron chi connectivity index (χ4n) is 7.03. The second-order valence-corrected chi connectivity index (χ2v) is 11.5. The van der Waals surface area contributed by atoms with Gasteiger partial charge in [0.15, 0.2) is 5.96 Å². The van der Waals surface area contributed by atoms with Crippen molar-refractivity contribution in [2.24, 2.45) is 22.2 Å². The first-order chi connectivity index (χ1) is 17.3. The van der Waals surface area contributed by atoms with Gasteiger partial charge < -0.3 is 20.8 Å². The summed E-state index contributed by atoms with van der Waals surface area (Å²) in [5.74, 6) is 5.54. The zero-order chi connectivity index (χ0) is 25.5. The molecule has 5 atom stereocenters. The maximum atomic E-state index is 10.9. The number of fused-ring (bicyclic) bond motifs is 5. The molecule has 3 aliphatic carbocycles. The molecule has 0 aromatic heterocycles.